The van der Waals surface area contributed by atoms with Crippen LogP contribution in [0.1, 0.15) is 11.1 Å². The van der Waals surface area contributed by atoms with E-state index in [1.165, 1.54) is 42.5 Å². The molecule has 0 aliphatic carbocycles. The standard InChI is InChI=1S/C23H16ClNO6S/c1-29-19-4-2-3-16(14-19)23-25-22(26)21(30-23)13-15-5-9-18(10-6-15)31-32(27,28)20-11-7-17(24)8-12-20/h2-14H,1H3/b21-13+. The molecule has 0 N–H and O–H groups in total. The Kier molecular flexibility index (Phi) is 5.98. The molecule has 0 radical (unpaired) electrons. The van der Waals surface area contributed by atoms with Crippen LogP contribution >= 0.6 is 11.6 Å². The number of aliphatic imine (C=N–C) groups is 1. The molecular weight excluding hydrogens is 454 g/mol. The Balaban J connectivity index is 1.47. The average molecular weight is 470 g/mol. The zero-order valence-electron chi connectivity index (χ0n) is 16.7. The summed E-state index contributed by atoms with van der Waals surface area (Å²) in [6.45, 7) is 0. The largest absolute Gasteiger partial charge is 0.497 e. The molecule has 0 unspecified atom stereocenters. The second-order valence-corrected chi connectivity index (χ2v) is 8.61. The van der Waals surface area contributed by atoms with Gasteiger partial charge in [0.25, 0.3) is 0 Å². The molecule has 0 atom stereocenters. The highest BCUT2D eigenvalue weighted by Gasteiger charge is 2.24. The minimum absolute atomic E-state index is 0.0136. The topological polar surface area (TPSA) is 91.3 Å². The van der Waals surface area contributed by atoms with Crippen LogP contribution in [0.3, 0.4) is 0 Å². The molecule has 162 valence electrons. The van der Waals surface area contributed by atoms with Crippen LogP contribution in [0.5, 0.6) is 11.5 Å². The first-order valence-electron chi connectivity index (χ1n) is 9.31. The van der Waals surface area contributed by atoms with E-state index in [-0.39, 0.29) is 22.3 Å². The fourth-order valence-electron chi connectivity index (χ4n) is 2.84. The van der Waals surface area contributed by atoms with Crippen molar-refractivity contribution in [2.75, 3.05) is 7.11 Å². The monoisotopic (exact) mass is 469 g/mol. The molecule has 0 bridgehead atoms. The molecule has 0 aromatic heterocycles. The van der Waals surface area contributed by atoms with Crippen molar-refractivity contribution in [3.05, 3.63) is 94.7 Å². The van der Waals surface area contributed by atoms with Crippen molar-refractivity contribution in [2.45, 2.75) is 4.90 Å². The van der Waals surface area contributed by atoms with Crippen LogP contribution < -0.4 is 8.92 Å². The smallest absolute Gasteiger partial charge is 0.339 e. The number of benzene rings is 3. The van der Waals surface area contributed by atoms with Gasteiger partial charge in [-0.15, -0.1) is 0 Å². The number of carbonyl (C=O) groups excluding carboxylic acids is 1. The van der Waals surface area contributed by atoms with Gasteiger partial charge in [-0.05, 0) is 66.2 Å². The SMILES string of the molecule is COc1cccc(C2=NC(=O)/C(=C\c3ccc(OS(=O)(=O)c4ccc(Cl)cc4)cc3)O2)c1. The highest BCUT2D eigenvalue weighted by molar-refractivity contribution is 7.87. The van der Waals surface area contributed by atoms with Gasteiger partial charge in [-0.3, -0.25) is 4.79 Å². The van der Waals surface area contributed by atoms with Gasteiger partial charge in [-0.25, -0.2) is 0 Å². The summed E-state index contributed by atoms with van der Waals surface area (Å²) in [6, 6.07) is 18.8. The number of halogens is 1. The molecule has 0 saturated heterocycles. The molecule has 9 heteroatoms. The lowest BCUT2D eigenvalue weighted by Gasteiger charge is -2.07. The molecule has 1 aliphatic heterocycles. The Morgan fingerprint density at radius 3 is 2.38 bits per heavy atom. The third-order valence-electron chi connectivity index (χ3n) is 4.42. The number of amides is 1. The van der Waals surface area contributed by atoms with Crippen LogP contribution in [-0.2, 0) is 19.6 Å². The van der Waals surface area contributed by atoms with E-state index in [0.29, 0.717) is 21.9 Å². The summed E-state index contributed by atoms with van der Waals surface area (Å²) in [7, 11) is -2.46. The fourth-order valence-corrected chi connectivity index (χ4v) is 3.89. The number of carbonyl (C=O) groups is 1. The summed E-state index contributed by atoms with van der Waals surface area (Å²) in [4.78, 5) is 16.1. The summed E-state index contributed by atoms with van der Waals surface area (Å²) >= 11 is 5.79. The van der Waals surface area contributed by atoms with Gasteiger partial charge >= 0.3 is 16.0 Å². The first kappa shape index (κ1) is 21.6. The van der Waals surface area contributed by atoms with Gasteiger partial charge < -0.3 is 13.7 Å². The Labute approximate surface area is 189 Å². The van der Waals surface area contributed by atoms with E-state index in [1.54, 1.807) is 43.5 Å². The van der Waals surface area contributed by atoms with Gasteiger partial charge in [0.1, 0.15) is 16.4 Å². The molecule has 3 aromatic carbocycles. The summed E-state index contributed by atoms with van der Waals surface area (Å²) in [5, 5.41) is 0.420. The van der Waals surface area contributed by atoms with Crippen molar-refractivity contribution in [1.82, 2.24) is 0 Å². The predicted octanol–water partition coefficient (Wildman–Crippen LogP) is 4.46. The summed E-state index contributed by atoms with van der Waals surface area (Å²) in [5.74, 6) is 0.435. The normalized spacial score (nSPS) is 14.8. The molecular formula is C23H16ClNO6S. The molecule has 1 aliphatic rings. The van der Waals surface area contributed by atoms with E-state index in [0.717, 1.165) is 0 Å². The number of ether oxygens (including phenoxy) is 2. The first-order chi connectivity index (χ1) is 15.3. The molecule has 7 nitrogen and oxygen atoms in total. The van der Waals surface area contributed by atoms with Gasteiger partial charge in [0.15, 0.2) is 5.76 Å². The summed E-state index contributed by atoms with van der Waals surface area (Å²) in [6.07, 6.45) is 1.51. The van der Waals surface area contributed by atoms with Crippen LogP contribution in [0.2, 0.25) is 5.02 Å². The van der Waals surface area contributed by atoms with E-state index in [4.69, 9.17) is 25.3 Å². The second-order valence-electron chi connectivity index (χ2n) is 6.63. The van der Waals surface area contributed by atoms with Crippen LogP contribution in [-0.4, -0.2) is 27.3 Å². The molecule has 0 spiro atoms. The van der Waals surface area contributed by atoms with Crippen molar-refractivity contribution in [3.63, 3.8) is 0 Å². The van der Waals surface area contributed by atoms with E-state index >= 15 is 0 Å². The number of rotatable bonds is 6. The lowest BCUT2D eigenvalue weighted by molar-refractivity contribution is -0.115. The third kappa shape index (κ3) is 4.82. The van der Waals surface area contributed by atoms with Crippen LogP contribution in [0, 0.1) is 0 Å². The van der Waals surface area contributed by atoms with E-state index in [1.807, 2.05) is 0 Å². The quantitative estimate of drug-likeness (QED) is 0.391. The lowest BCUT2D eigenvalue weighted by Crippen LogP contribution is -2.09. The van der Waals surface area contributed by atoms with Gasteiger partial charge in [0, 0.05) is 10.6 Å². The van der Waals surface area contributed by atoms with Crippen LogP contribution in [0.15, 0.2) is 88.4 Å². The van der Waals surface area contributed by atoms with Gasteiger partial charge in [0.05, 0.1) is 7.11 Å². The number of methoxy groups -OCH3 is 1. The number of hydrogen-bond acceptors (Lipinski definition) is 6. The van der Waals surface area contributed by atoms with Crippen molar-refractivity contribution >= 4 is 39.6 Å². The van der Waals surface area contributed by atoms with Crippen molar-refractivity contribution < 1.29 is 26.9 Å². The van der Waals surface area contributed by atoms with Gasteiger partial charge in [-0.2, -0.15) is 13.4 Å². The maximum absolute atomic E-state index is 12.4. The fraction of sp³-hybridized carbons (Fsp3) is 0.0435. The first-order valence-corrected chi connectivity index (χ1v) is 11.1. The summed E-state index contributed by atoms with van der Waals surface area (Å²) in [5.41, 5.74) is 1.21. The third-order valence-corrected chi connectivity index (χ3v) is 5.94. The zero-order chi connectivity index (χ0) is 22.7. The highest BCUT2D eigenvalue weighted by Crippen LogP contribution is 2.24. The molecule has 3 aromatic rings. The van der Waals surface area contributed by atoms with Gasteiger partial charge in [0.2, 0.25) is 5.90 Å². The molecule has 1 heterocycles. The van der Waals surface area contributed by atoms with E-state index in [2.05, 4.69) is 4.99 Å². The summed E-state index contributed by atoms with van der Waals surface area (Å²) < 4.78 is 40.7. The Morgan fingerprint density at radius 1 is 0.969 bits per heavy atom. The molecule has 1 amide bonds. The molecule has 0 saturated carbocycles. The van der Waals surface area contributed by atoms with Crippen molar-refractivity contribution in [3.8, 4) is 11.5 Å². The lowest BCUT2D eigenvalue weighted by atomic mass is 10.2. The van der Waals surface area contributed by atoms with Crippen LogP contribution in [0.25, 0.3) is 6.08 Å². The molecule has 4 rings (SSSR count). The average Bonchev–Trinajstić information content (AvgIpc) is 3.15. The minimum atomic E-state index is -4.00. The number of hydrogen-bond donors (Lipinski definition) is 0. The van der Waals surface area contributed by atoms with E-state index in [9.17, 15) is 13.2 Å². The molecule has 32 heavy (non-hydrogen) atoms. The number of nitrogens with zero attached hydrogens (tertiary/aromatic N) is 1. The Hall–Kier alpha value is -3.62. The predicted molar refractivity (Wildman–Crippen MR) is 119 cm³/mol. The Bertz CT molecular complexity index is 1330. The maximum Gasteiger partial charge on any atom is 0.339 e. The minimum Gasteiger partial charge on any atom is -0.497 e. The van der Waals surface area contributed by atoms with Crippen molar-refractivity contribution in [1.29, 1.82) is 0 Å². The molecule has 0 fully saturated rings. The van der Waals surface area contributed by atoms with Gasteiger partial charge in [-0.1, -0.05) is 29.8 Å². The zero-order valence-corrected chi connectivity index (χ0v) is 18.3. The second kappa shape index (κ2) is 8.86. The van der Waals surface area contributed by atoms with E-state index < -0.39 is 16.0 Å². The van der Waals surface area contributed by atoms with Crippen molar-refractivity contribution in [2.24, 2.45) is 4.99 Å². The Morgan fingerprint density at radius 2 is 1.69 bits per heavy atom. The van der Waals surface area contributed by atoms with Crippen LogP contribution in [0.4, 0.5) is 0 Å². The highest BCUT2D eigenvalue weighted by atomic mass is 35.5. The maximum atomic E-state index is 12.4.